The first-order valence-corrected chi connectivity index (χ1v) is 7.39. The van der Waals surface area contributed by atoms with E-state index in [0.717, 1.165) is 24.5 Å². The molecule has 0 atom stereocenters. The van der Waals surface area contributed by atoms with Crippen molar-refractivity contribution in [3.05, 3.63) is 71.5 Å². The summed E-state index contributed by atoms with van der Waals surface area (Å²) in [6, 6.07) is 17.0. The Bertz CT molecular complexity index is 617. The molecule has 23 heavy (non-hydrogen) atoms. The van der Waals surface area contributed by atoms with Gasteiger partial charge < -0.3 is 10.2 Å². The lowest BCUT2D eigenvalue weighted by Gasteiger charge is -2.22. The van der Waals surface area contributed by atoms with Crippen LogP contribution in [0.3, 0.4) is 0 Å². The lowest BCUT2D eigenvalue weighted by molar-refractivity contribution is 0.475. The molecule has 0 unspecified atom stereocenters. The average molecular weight is 427 g/mol. The molecule has 0 radical (unpaired) electrons. The van der Waals surface area contributed by atoms with Crippen molar-refractivity contribution in [3.8, 4) is 0 Å². The van der Waals surface area contributed by atoms with Crippen LogP contribution >= 0.6 is 24.0 Å². The van der Waals surface area contributed by atoms with Crippen molar-refractivity contribution in [3.63, 3.8) is 0 Å². The Morgan fingerprint density at radius 2 is 1.78 bits per heavy atom. The minimum Gasteiger partial charge on any atom is -0.356 e. The van der Waals surface area contributed by atoms with Crippen molar-refractivity contribution >= 4 is 29.9 Å². The summed E-state index contributed by atoms with van der Waals surface area (Å²) in [7, 11) is 3.70. The number of nitrogens with zero attached hydrogens (tertiary/aromatic N) is 2. The van der Waals surface area contributed by atoms with Crippen molar-refractivity contribution in [1.29, 1.82) is 0 Å². The van der Waals surface area contributed by atoms with Gasteiger partial charge in [0.05, 0.1) is 0 Å². The molecule has 124 valence electrons. The minimum absolute atomic E-state index is 0. The van der Waals surface area contributed by atoms with Crippen LogP contribution < -0.4 is 5.32 Å². The summed E-state index contributed by atoms with van der Waals surface area (Å²) in [5.41, 5.74) is 2.21. The van der Waals surface area contributed by atoms with E-state index < -0.39 is 0 Å². The van der Waals surface area contributed by atoms with E-state index in [1.165, 1.54) is 11.6 Å². The van der Waals surface area contributed by atoms with Crippen LogP contribution in [0.25, 0.3) is 0 Å². The maximum atomic E-state index is 13.2. The van der Waals surface area contributed by atoms with Crippen LogP contribution in [0.5, 0.6) is 0 Å². The summed E-state index contributed by atoms with van der Waals surface area (Å²) in [6.07, 6.45) is 0.938. The highest BCUT2D eigenvalue weighted by Gasteiger charge is 2.06. The number of nitrogens with one attached hydrogen (secondary N) is 1. The molecule has 0 fully saturated rings. The molecule has 2 aromatic rings. The molecule has 0 aliphatic carbocycles. The molecular formula is C18H23FIN3. The van der Waals surface area contributed by atoms with E-state index in [9.17, 15) is 4.39 Å². The van der Waals surface area contributed by atoms with E-state index in [2.05, 4.69) is 22.4 Å². The van der Waals surface area contributed by atoms with Gasteiger partial charge in [0.1, 0.15) is 5.82 Å². The Morgan fingerprint density at radius 3 is 2.43 bits per heavy atom. The van der Waals surface area contributed by atoms with Crippen LogP contribution in [0.4, 0.5) is 4.39 Å². The predicted octanol–water partition coefficient (Wildman–Crippen LogP) is 3.69. The summed E-state index contributed by atoms with van der Waals surface area (Å²) in [5, 5.41) is 3.33. The van der Waals surface area contributed by atoms with Gasteiger partial charge in [0.2, 0.25) is 0 Å². The Balaban J connectivity index is 0.00000264. The van der Waals surface area contributed by atoms with Gasteiger partial charge in [-0.25, -0.2) is 4.39 Å². The third kappa shape index (κ3) is 6.56. The van der Waals surface area contributed by atoms with Gasteiger partial charge in [0.25, 0.3) is 0 Å². The normalized spacial score (nSPS) is 10.8. The van der Waals surface area contributed by atoms with Crippen LogP contribution in [0, 0.1) is 5.82 Å². The van der Waals surface area contributed by atoms with E-state index >= 15 is 0 Å². The first-order valence-electron chi connectivity index (χ1n) is 7.39. The maximum Gasteiger partial charge on any atom is 0.193 e. The van der Waals surface area contributed by atoms with E-state index in [4.69, 9.17) is 0 Å². The summed E-state index contributed by atoms with van der Waals surface area (Å²) < 4.78 is 13.2. The number of benzene rings is 2. The fourth-order valence-electron chi connectivity index (χ4n) is 2.33. The van der Waals surface area contributed by atoms with Gasteiger partial charge in [0, 0.05) is 27.2 Å². The standard InChI is InChI=1S/C18H22FN3.HI/c1-20-18(21-12-11-15-7-4-3-5-8-15)22(2)14-16-9-6-10-17(19)13-16;/h3-10,13H,11-12,14H2,1-2H3,(H,20,21);1H. The van der Waals surface area contributed by atoms with Crippen molar-refractivity contribution in [2.75, 3.05) is 20.6 Å². The molecule has 0 spiro atoms. The molecule has 1 N–H and O–H groups in total. The van der Waals surface area contributed by atoms with Crippen molar-refractivity contribution in [2.45, 2.75) is 13.0 Å². The van der Waals surface area contributed by atoms with E-state index in [-0.39, 0.29) is 29.8 Å². The zero-order chi connectivity index (χ0) is 15.8. The quantitative estimate of drug-likeness (QED) is 0.448. The molecule has 0 saturated heterocycles. The van der Waals surface area contributed by atoms with Crippen LogP contribution in [-0.2, 0) is 13.0 Å². The first kappa shape index (κ1) is 19.4. The molecule has 2 rings (SSSR count). The molecule has 3 nitrogen and oxygen atoms in total. The highest BCUT2D eigenvalue weighted by atomic mass is 127. The molecule has 0 heterocycles. The van der Waals surface area contributed by atoms with Crippen molar-refractivity contribution in [2.24, 2.45) is 4.99 Å². The minimum atomic E-state index is -0.210. The predicted molar refractivity (Wildman–Crippen MR) is 105 cm³/mol. The molecular weight excluding hydrogens is 404 g/mol. The molecule has 0 aromatic heterocycles. The van der Waals surface area contributed by atoms with Gasteiger partial charge in [-0.15, -0.1) is 24.0 Å². The Hall–Kier alpha value is -1.63. The van der Waals surface area contributed by atoms with Gasteiger partial charge in [-0.2, -0.15) is 0 Å². The number of hydrogen-bond acceptors (Lipinski definition) is 1. The first-order chi connectivity index (χ1) is 10.7. The van der Waals surface area contributed by atoms with Gasteiger partial charge in [0.15, 0.2) is 5.96 Å². The van der Waals surface area contributed by atoms with Crippen molar-refractivity contribution < 1.29 is 4.39 Å². The zero-order valence-electron chi connectivity index (χ0n) is 13.5. The van der Waals surface area contributed by atoms with Gasteiger partial charge in [-0.05, 0) is 29.7 Å². The van der Waals surface area contributed by atoms with Crippen LogP contribution in [0.2, 0.25) is 0 Å². The lowest BCUT2D eigenvalue weighted by atomic mass is 10.1. The van der Waals surface area contributed by atoms with Crippen LogP contribution in [-0.4, -0.2) is 31.5 Å². The second kappa shape index (κ2) is 10.2. The Kier molecular flexibility index (Phi) is 8.61. The van der Waals surface area contributed by atoms with Gasteiger partial charge >= 0.3 is 0 Å². The monoisotopic (exact) mass is 427 g/mol. The van der Waals surface area contributed by atoms with Crippen LogP contribution in [0.1, 0.15) is 11.1 Å². The third-order valence-corrected chi connectivity index (χ3v) is 3.42. The van der Waals surface area contributed by atoms with E-state index in [0.29, 0.717) is 6.54 Å². The molecule has 2 aromatic carbocycles. The molecule has 0 saturated carbocycles. The SMILES string of the molecule is CN=C(NCCc1ccccc1)N(C)Cc1cccc(F)c1.I. The second-order valence-corrected chi connectivity index (χ2v) is 5.20. The Labute approximate surface area is 154 Å². The number of hydrogen-bond donors (Lipinski definition) is 1. The largest absolute Gasteiger partial charge is 0.356 e. The van der Waals surface area contributed by atoms with E-state index in [1.807, 2.05) is 36.2 Å². The molecule has 0 bridgehead atoms. The fourth-order valence-corrected chi connectivity index (χ4v) is 2.33. The molecule has 0 amide bonds. The number of halogens is 2. The van der Waals surface area contributed by atoms with Gasteiger partial charge in [-0.3, -0.25) is 4.99 Å². The number of rotatable bonds is 5. The highest BCUT2D eigenvalue weighted by molar-refractivity contribution is 14.0. The Morgan fingerprint density at radius 1 is 1.09 bits per heavy atom. The molecule has 0 aliphatic rings. The summed E-state index contributed by atoms with van der Waals surface area (Å²) in [6.45, 7) is 1.42. The van der Waals surface area contributed by atoms with Crippen molar-refractivity contribution in [1.82, 2.24) is 10.2 Å². The summed E-state index contributed by atoms with van der Waals surface area (Å²) in [5.74, 6) is 0.595. The average Bonchev–Trinajstić information content (AvgIpc) is 2.52. The summed E-state index contributed by atoms with van der Waals surface area (Å²) >= 11 is 0. The molecule has 0 aliphatic heterocycles. The topological polar surface area (TPSA) is 27.6 Å². The highest BCUT2D eigenvalue weighted by Crippen LogP contribution is 2.06. The van der Waals surface area contributed by atoms with Crippen LogP contribution in [0.15, 0.2) is 59.6 Å². The van der Waals surface area contributed by atoms with Gasteiger partial charge in [-0.1, -0.05) is 42.5 Å². The maximum absolute atomic E-state index is 13.2. The number of guanidine groups is 1. The number of aliphatic imine (C=N–C) groups is 1. The summed E-state index contributed by atoms with van der Waals surface area (Å²) in [4.78, 5) is 6.26. The zero-order valence-corrected chi connectivity index (χ0v) is 15.8. The third-order valence-electron chi connectivity index (χ3n) is 3.42. The molecule has 5 heteroatoms. The second-order valence-electron chi connectivity index (χ2n) is 5.20. The van der Waals surface area contributed by atoms with E-state index in [1.54, 1.807) is 19.2 Å². The fraction of sp³-hybridized carbons (Fsp3) is 0.278. The smallest absolute Gasteiger partial charge is 0.193 e. The lowest BCUT2D eigenvalue weighted by Crippen LogP contribution is -2.39.